The van der Waals surface area contributed by atoms with Gasteiger partial charge < -0.3 is 18.9 Å². The molecule has 8 nitrogen and oxygen atoms in total. The van der Waals surface area contributed by atoms with Gasteiger partial charge in [0.05, 0.1) is 17.6 Å². The van der Waals surface area contributed by atoms with Gasteiger partial charge in [0, 0.05) is 18.1 Å². The van der Waals surface area contributed by atoms with Crippen molar-refractivity contribution in [3.63, 3.8) is 0 Å². The Morgan fingerprint density at radius 3 is 2.78 bits per heavy atom. The van der Waals surface area contributed by atoms with Gasteiger partial charge in [-0.1, -0.05) is 0 Å². The van der Waals surface area contributed by atoms with Crippen LogP contribution in [0.15, 0.2) is 24.3 Å². The molecule has 3 fully saturated rings. The lowest BCUT2D eigenvalue weighted by molar-refractivity contribution is -0.384. The van der Waals surface area contributed by atoms with Crippen LogP contribution in [0.4, 0.5) is 10.5 Å². The van der Waals surface area contributed by atoms with Crippen LogP contribution in [0, 0.1) is 22.0 Å². The van der Waals surface area contributed by atoms with Crippen LogP contribution in [0.5, 0.6) is 5.75 Å². The number of nitrogens with zero attached hydrogens (tertiary/aromatic N) is 1. The molecule has 2 unspecified atom stereocenters. The topological polar surface area (TPSA) is 97.1 Å². The van der Waals surface area contributed by atoms with E-state index in [0.717, 1.165) is 6.42 Å². The molecule has 2 saturated heterocycles. The van der Waals surface area contributed by atoms with Crippen molar-refractivity contribution < 1.29 is 28.7 Å². The van der Waals surface area contributed by atoms with Gasteiger partial charge in [-0.25, -0.2) is 4.79 Å². The lowest BCUT2D eigenvalue weighted by Gasteiger charge is -2.30. The summed E-state index contributed by atoms with van der Waals surface area (Å²) in [6, 6.07) is 5.25. The molecule has 0 radical (unpaired) electrons. The maximum Gasteiger partial charge on any atom is 0.514 e. The maximum absolute atomic E-state index is 11.9. The predicted molar refractivity (Wildman–Crippen MR) is 74.8 cm³/mol. The van der Waals surface area contributed by atoms with Gasteiger partial charge in [0.2, 0.25) is 0 Å². The quantitative estimate of drug-likeness (QED) is 0.364. The van der Waals surface area contributed by atoms with E-state index in [-0.39, 0.29) is 29.9 Å². The maximum atomic E-state index is 11.9. The van der Waals surface area contributed by atoms with E-state index in [1.807, 2.05) is 0 Å². The molecule has 8 heteroatoms. The molecule has 1 aromatic rings. The minimum absolute atomic E-state index is 0.0700. The molecule has 1 aliphatic carbocycles. The van der Waals surface area contributed by atoms with Crippen molar-refractivity contribution in [3.05, 3.63) is 34.4 Å². The van der Waals surface area contributed by atoms with Gasteiger partial charge in [-0.15, -0.1) is 0 Å². The monoisotopic (exact) mass is 321 g/mol. The number of fused-ring (bicyclic) bond motifs is 1. The second kappa shape index (κ2) is 5.47. The Labute approximate surface area is 131 Å². The first kappa shape index (κ1) is 14.4. The van der Waals surface area contributed by atoms with E-state index in [9.17, 15) is 14.9 Å². The molecule has 23 heavy (non-hydrogen) atoms. The third-order valence-corrected chi connectivity index (χ3v) is 4.69. The zero-order chi connectivity index (χ0) is 16.0. The van der Waals surface area contributed by atoms with E-state index < -0.39 is 11.1 Å². The Hall–Kier alpha value is -2.19. The number of ether oxygens (including phenoxy) is 4. The normalized spacial score (nSPS) is 34.2. The van der Waals surface area contributed by atoms with E-state index in [0.29, 0.717) is 24.9 Å². The van der Waals surface area contributed by atoms with E-state index in [1.165, 1.54) is 24.3 Å². The average Bonchev–Trinajstić information content (AvgIpc) is 3.06. The predicted octanol–water partition coefficient (Wildman–Crippen LogP) is 2.26. The summed E-state index contributed by atoms with van der Waals surface area (Å²) in [4.78, 5) is 22.0. The summed E-state index contributed by atoms with van der Waals surface area (Å²) in [5.41, 5.74) is -0.0700. The van der Waals surface area contributed by atoms with E-state index in [4.69, 9.17) is 18.9 Å². The smallest absolute Gasteiger partial charge is 0.428 e. The SMILES string of the molecule is O=C(Oc1ccc([N+](=O)[O-])cc1)OC1C[C@H]2CO[C@H]3OC1C[C@@H]23. The molecule has 3 aliphatic rings. The highest BCUT2D eigenvalue weighted by Gasteiger charge is 2.54. The molecule has 0 aromatic heterocycles. The van der Waals surface area contributed by atoms with Crippen molar-refractivity contribution in [2.75, 3.05) is 6.61 Å². The first-order valence-electron chi connectivity index (χ1n) is 7.50. The highest BCUT2D eigenvalue weighted by atomic mass is 16.7. The van der Waals surface area contributed by atoms with Gasteiger partial charge in [-0.2, -0.15) is 0 Å². The summed E-state index contributed by atoms with van der Waals surface area (Å²) < 4.78 is 21.7. The summed E-state index contributed by atoms with van der Waals surface area (Å²) in [6.07, 6.45) is 0.0759. The number of nitro benzene ring substituents is 1. The second-order valence-electron chi connectivity index (χ2n) is 6.03. The highest BCUT2D eigenvalue weighted by Crippen LogP contribution is 2.47. The second-order valence-corrected chi connectivity index (χ2v) is 6.03. The summed E-state index contributed by atoms with van der Waals surface area (Å²) in [7, 11) is 0. The number of hydrogen-bond acceptors (Lipinski definition) is 7. The van der Waals surface area contributed by atoms with Gasteiger partial charge in [0.25, 0.3) is 5.69 Å². The lowest BCUT2D eigenvalue weighted by Crippen LogP contribution is -2.38. The first-order chi connectivity index (χ1) is 11.1. The molecular formula is C15H15NO7. The Kier molecular flexibility index (Phi) is 3.42. The molecule has 1 aromatic carbocycles. The molecular weight excluding hydrogens is 306 g/mol. The molecule has 1 saturated carbocycles. The zero-order valence-electron chi connectivity index (χ0n) is 12.1. The van der Waals surface area contributed by atoms with Crippen LogP contribution in [0.1, 0.15) is 12.8 Å². The van der Waals surface area contributed by atoms with Crippen molar-refractivity contribution >= 4 is 11.8 Å². The van der Waals surface area contributed by atoms with Gasteiger partial charge in [0.15, 0.2) is 6.29 Å². The van der Waals surface area contributed by atoms with Gasteiger partial charge in [0.1, 0.15) is 11.9 Å². The van der Waals surface area contributed by atoms with Crippen LogP contribution in [-0.2, 0) is 14.2 Å². The minimum atomic E-state index is -0.824. The Bertz CT molecular complexity index is 629. The molecule has 0 N–H and O–H groups in total. The molecule has 122 valence electrons. The standard InChI is InChI=1S/C15H15NO7/c17-15(21-10-3-1-9(2-4-10)16(18)19)23-12-5-8-7-20-14-11(8)6-13(12)22-14/h1-4,8,11-14H,5-7H2/t8-,11-,12?,13?,14-/m0/s1. The number of benzene rings is 1. The Balaban J connectivity index is 1.36. The van der Waals surface area contributed by atoms with Gasteiger partial charge >= 0.3 is 6.16 Å². The third kappa shape index (κ3) is 2.64. The highest BCUT2D eigenvalue weighted by molar-refractivity contribution is 5.64. The number of rotatable bonds is 3. The van der Waals surface area contributed by atoms with Crippen LogP contribution >= 0.6 is 0 Å². The van der Waals surface area contributed by atoms with Crippen molar-refractivity contribution in [1.29, 1.82) is 0 Å². The summed E-state index contributed by atoms with van der Waals surface area (Å²) in [6.45, 7) is 0.638. The van der Waals surface area contributed by atoms with E-state index in [2.05, 4.69) is 0 Å². The Morgan fingerprint density at radius 2 is 2.04 bits per heavy atom. The van der Waals surface area contributed by atoms with Crippen molar-refractivity contribution in [2.45, 2.75) is 31.3 Å². The van der Waals surface area contributed by atoms with Crippen LogP contribution < -0.4 is 4.74 Å². The molecule has 2 aliphatic heterocycles. The molecule has 0 amide bonds. The Morgan fingerprint density at radius 1 is 1.26 bits per heavy atom. The summed E-state index contributed by atoms with van der Waals surface area (Å²) in [5.74, 6) is 0.966. The fourth-order valence-corrected chi connectivity index (χ4v) is 3.56. The van der Waals surface area contributed by atoms with Crippen LogP contribution in [-0.4, -0.2) is 36.2 Å². The van der Waals surface area contributed by atoms with Crippen LogP contribution in [0.3, 0.4) is 0 Å². The lowest BCUT2D eigenvalue weighted by atomic mass is 9.80. The number of nitro groups is 1. The number of carbonyl (C=O) groups excluding carboxylic acids is 1. The third-order valence-electron chi connectivity index (χ3n) is 4.69. The number of non-ortho nitro benzene ring substituents is 1. The molecule has 2 heterocycles. The number of carbonyl (C=O) groups is 1. The zero-order valence-corrected chi connectivity index (χ0v) is 12.1. The fraction of sp³-hybridized carbons (Fsp3) is 0.533. The minimum Gasteiger partial charge on any atom is -0.428 e. The van der Waals surface area contributed by atoms with Crippen molar-refractivity contribution in [2.24, 2.45) is 11.8 Å². The number of hydrogen-bond donors (Lipinski definition) is 0. The first-order valence-corrected chi connectivity index (χ1v) is 7.50. The summed E-state index contributed by atoms with van der Waals surface area (Å²) >= 11 is 0. The molecule has 2 bridgehead atoms. The van der Waals surface area contributed by atoms with Gasteiger partial charge in [-0.05, 0) is 30.9 Å². The van der Waals surface area contributed by atoms with E-state index >= 15 is 0 Å². The molecule has 0 spiro atoms. The van der Waals surface area contributed by atoms with Crippen molar-refractivity contribution in [3.8, 4) is 5.75 Å². The van der Waals surface area contributed by atoms with E-state index in [1.54, 1.807) is 0 Å². The summed E-state index contributed by atoms with van der Waals surface area (Å²) in [5, 5.41) is 10.6. The molecule has 5 atom stereocenters. The average molecular weight is 321 g/mol. The fourth-order valence-electron chi connectivity index (χ4n) is 3.56. The van der Waals surface area contributed by atoms with Crippen molar-refractivity contribution in [1.82, 2.24) is 0 Å². The molecule has 4 rings (SSSR count). The largest absolute Gasteiger partial charge is 0.514 e. The van der Waals surface area contributed by atoms with Crippen LogP contribution in [0.2, 0.25) is 0 Å². The van der Waals surface area contributed by atoms with Crippen LogP contribution in [0.25, 0.3) is 0 Å². The van der Waals surface area contributed by atoms with Gasteiger partial charge in [-0.3, -0.25) is 10.1 Å².